The highest BCUT2D eigenvalue weighted by Gasteiger charge is 2.08. The monoisotopic (exact) mass is 176 g/mol. The second-order valence-electron chi connectivity index (χ2n) is 2.72. The molecule has 1 aliphatic rings. The molecule has 12 heavy (non-hydrogen) atoms. The van der Waals surface area contributed by atoms with Crippen LogP contribution in [-0.4, -0.2) is 11.7 Å². The van der Waals surface area contributed by atoms with E-state index in [0.717, 1.165) is 18.7 Å². The number of aliphatic imine (C=N–C) groups is 1. The third kappa shape index (κ3) is 1.24. The highest BCUT2D eigenvalue weighted by molar-refractivity contribution is 7.78. The van der Waals surface area contributed by atoms with E-state index in [1.54, 1.807) is 0 Å². The first-order valence-corrected chi connectivity index (χ1v) is 4.25. The van der Waals surface area contributed by atoms with E-state index >= 15 is 0 Å². The first kappa shape index (κ1) is 7.47. The third-order valence-corrected chi connectivity index (χ3v) is 2.07. The maximum Gasteiger partial charge on any atom is 0.0760 e. The molecule has 3 heteroatoms. The molecular weight excluding hydrogens is 168 g/mol. The molecule has 60 valence electrons. The van der Waals surface area contributed by atoms with Gasteiger partial charge in [-0.3, -0.25) is 0 Å². The molecule has 0 aromatic heterocycles. The smallest absolute Gasteiger partial charge is 0.0760 e. The van der Waals surface area contributed by atoms with Crippen LogP contribution in [0.2, 0.25) is 0 Å². The van der Waals surface area contributed by atoms with Crippen LogP contribution in [-0.2, 0) is 6.42 Å². The molecule has 0 bridgehead atoms. The summed E-state index contributed by atoms with van der Waals surface area (Å²) >= 11 is 4.52. The molecule has 2 rings (SSSR count). The highest BCUT2D eigenvalue weighted by atomic mass is 32.1. The molecule has 1 N–H and O–H groups in total. The van der Waals surface area contributed by atoms with Gasteiger partial charge in [-0.15, -0.1) is 0 Å². The standard InChI is InChI=1S/C9H8N2S/c12-6-11-8-2-1-7-3-4-10-9(7)5-8/h1-2,5,10H,3-4H2. The van der Waals surface area contributed by atoms with Crippen LogP contribution in [0.4, 0.5) is 11.4 Å². The number of hydrogen-bond acceptors (Lipinski definition) is 3. The summed E-state index contributed by atoms with van der Waals surface area (Å²) in [6, 6.07) is 6.05. The van der Waals surface area contributed by atoms with Gasteiger partial charge in [-0.05, 0) is 36.3 Å². The number of benzene rings is 1. The fourth-order valence-electron chi connectivity index (χ4n) is 1.40. The van der Waals surface area contributed by atoms with Crippen LogP contribution in [0.3, 0.4) is 0 Å². The molecule has 0 saturated heterocycles. The number of hydrogen-bond donors (Lipinski definition) is 1. The van der Waals surface area contributed by atoms with Gasteiger partial charge in [-0.1, -0.05) is 6.07 Å². The topological polar surface area (TPSA) is 24.4 Å². The largest absolute Gasteiger partial charge is 0.384 e. The Morgan fingerprint density at radius 1 is 1.50 bits per heavy atom. The van der Waals surface area contributed by atoms with Gasteiger partial charge in [-0.2, -0.15) is 4.99 Å². The Balaban J connectivity index is 2.45. The van der Waals surface area contributed by atoms with Crippen molar-refractivity contribution >= 4 is 28.8 Å². The van der Waals surface area contributed by atoms with Gasteiger partial charge in [-0.25, -0.2) is 0 Å². The van der Waals surface area contributed by atoms with E-state index in [-0.39, 0.29) is 0 Å². The molecule has 1 aliphatic heterocycles. The lowest BCUT2D eigenvalue weighted by atomic mass is 10.1. The average molecular weight is 176 g/mol. The van der Waals surface area contributed by atoms with Crippen LogP contribution in [0.25, 0.3) is 0 Å². The maximum absolute atomic E-state index is 4.52. The zero-order chi connectivity index (χ0) is 8.39. The molecule has 0 radical (unpaired) electrons. The van der Waals surface area contributed by atoms with Crippen molar-refractivity contribution in [2.45, 2.75) is 6.42 Å². The van der Waals surface area contributed by atoms with Gasteiger partial charge >= 0.3 is 0 Å². The number of rotatable bonds is 1. The number of fused-ring (bicyclic) bond motifs is 1. The van der Waals surface area contributed by atoms with Gasteiger partial charge in [0.2, 0.25) is 0 Å². The molecule has 0 amide bonds. The predicted octanol–water partition coefficient (Wildman–Crippen LogP) is 2.39. The van der Waals surface area contributed by atoms with Crippen LogP contribution in [0.15, 0.2) is 23.2 Å². The minimum atomic E-state index is 0.873. The van der Waals surface area contributed by atoms with E-state index in [1.165, 1.54) is 11.3 Å². The van der Waals surface area contributed by atoms with Crippen LogP contribution in [0.1, 0.15) is 5.56 Å². The minimum absolute atomic E-state index is 0.873. The maximum atomic E-state index is 4.52. The lowest BCUT2D eigenvalue weighted by molar-refractivity contribution is 1.11. The lowest BCUT2D eigenvalue weighted by Crippen LogP contribution is -1.90. The molecule has 0 atom stereocenters. The van der Waals surface area contributed by atoms with Crippen LogP contribution < -0.4 is 5.32 Å². The summed E-state index contributed by atoms with van der Waals surface area (Å²) in [7, 11) is 0. The van der Waals surface area contributed by atoms with Gasteiger partial charge < -0.3 is 5.32 Å². The third-order valence-electron chi connectivity index (χ3n) is 1.98. The number of nitrogens with one attached hydrogen (secondary N) is 1. The van der Waals surface area contributed by atoms with E-state index in [2.05, 4.69) is 33.8 Å². The average Bonchev–Trinajstić information content (AvgIpc) is 2.51. The second kappa shape index (κ2) is 3.05. The zero-order valence-electron chi connectivity index (χ0n) is 6.50. The van der Waals surface area contributed by atoms with Gasteiger partial charge in [0, 0.05) is 12.2 Å². The summed E-state index contributed by atoms with van der Waals surface area (Å²) in [5, 5.41) is 5.63. The Bertz CT molecular complexity index is 354. The Kier molecular flexibility index (Phi) is 1.90. The molecule has 2 nitrogen and oxygen atoms in total. The fourth-order valence-corrected chi connectivity index (χ4v) is 1.51. The van der Waals surface area contributed by atoms with E-state index in [0.29, 0.717) is 0 Å². The van der Waals surface area contributed by atoms with Gasteiger partial charge in [0.15, 0.2) is 0 Å². The Morgan fingerprint density at radius 2 is 2.42 bits per heavy atom. The summed E-state index contributed by atoms with van der Waals surface area (Å²) in [5.41, 5.74) is 3.41. The highest BCUT2D eigenvalue weighted by Crippen LogP contribution is 2.26. The Morgan fingerprint density at radius 3 is 3.25 bits per heavy atom. The van der Waals surface area contributed by atoms with Crippen molar-refractivity contribution in [2.75, 3.05) is 11.9 Å². The van der Waals surface area contributed by atoms with Crippen molar-refractivity contribution in [3.63, 3.8) is 0 Å². The number of nitrogens with zero attached hydrogens (tertiary/aromatic N) is 1. The van der Waals surface area contributed by atoms with Crippen LogP contribution >= 0.6 is 12.2 Å². The van der Waals surface area contributed by atoms with Crippen molar-refractivity contribution in [3.8, 4) is 0 Å². The van der Waals surface area contributed by atoms with Gasteiger partial charge in [0.1, 0.15) is 0 Å². The lowest BCUT2D eigenvalue weighted by Gasteiger charge is -1.98. The van der Waals surface area contributed by atoms with Crippen LogP contribution in [0, 0.1) is 0 Å². The van der Waals surface area contributed by atoms with Crippen molar-refractivity contribution in [2.24, 2.45) is 4.99 Å². The molecule has 1 heterocycles. The molecular formula is C9H8N2S. The Labute approximate surface area is 76.3 Å². The Hall–Kier alpha value is -1.18. The molecule has 0 unspecified atom stereocenters. The normalized spacial score (nSPS) is 13.0. The summed E-state index contributed by atoms with van der Waals surface area (Å²) < 4.78 is 0. The van der Waals surface area contributed by atoms with Crippen molar-refractivity contribution in [1.29, 1.82) is 0 Å². The minimum Gasteiger partial charge on any atom is -0.384 e. The first-order valence-electron chi connectivity index (χ1n) is 3.85. The molecule has 0 saturated carbocycles. The summed E-state index contributed by atoms with van der Waals surface area (Å²) in [6.07, 6.45) is 1.11. The number of isothiocyanates is 1. The zero-order valence-corrected chi connectivity index (χ0v) is 7.32. The van der Waals surface area contributed by atoms with Crippen molar-refractivity contribution in [3.05, 3.63) is 23.8 Å². The number of anilines is 1. The fraction of sp³-hybridized carbons (Fsp3) is 0.222. The molecule has 0 spiro atoms. The first-order chi connectivity index (χ1) is 5.90. The summed E-state index contributed by atoms with van der Waals surface area (Å²) in [4.78, 5) is 3.91. The van der Waals surface area contributed by atoms with E-state index < -0.39 is 0 Å². The van der Waals surface area contributed by atoms with E-state index in [9.17, 15) is 0 Å². The van der Waals surface area contributed by atoms with E-state index in [4.69, 9.17) is 0 Å². The van der Waals surface area contributed by atoms with E-state index in [1.807, 2.05) is 12.1 Å². The van der Waals surface area contributed by atoms with Crippen LogP contribution in [0.5, 0.6) is 0 Å². The molecule has 1 aromatic rings. The predicted molar refractivity (Wildman–Crippen MR) is 53.3 cm³/mol. The quantitative estimate of drug-likeness (QED) is 0.525. The van der Waals surface area contributed by atoms with Crippen molar-refractivity contribution in [1.82, 2.24) is 0 Å². The summed E-state index contributed by atoms with van der Waals surface area (Å²) in [5.74, 6) is 0. The molecule has 0 fully saturated rings. The molecule has 0 aliphatic carbocycles. The SMILES string of the molecule is S=C=Nc1ccc2c(c1)NCC2. The summed E-state index contributed by atoms with van der Waals surface area (Å²) in [6.45, 7) is 1.03. The second-order valence-corrected chi connectivity index (χ2v) is 2.90. The number of thiocarbonyl (C=S) groups is 1. The van der Waals surface area contributed by atoms with Gasteiger partial charge in [0.25, 0.3) is 0 Å². The molecule has 1 aromatic carbocycles. The van der Waals surface area contributed by atoms with Crippen molar-refractivity contribution < 1.29 is 0 Å². The van der Waals surface area contributed by atoms with Gasteiger partial charge in [0.05, 0.1) is 10.8 Å².